The van der Waals surface area contributed by atoms with Crippen LogP contribution in [0.3, 0.4) is 0 Å². The minimum Gasteiger partial charge on any atom is -0.365 e. The number of nitrogens with one attached hydrogen (secondary N) is 1. The number of anilines is 2. The van der Waals surface area contributed by atoms with Crippen molar-refractivity contribution in [2.75, 3.05) is 18.4 Å². The third kappa shape index (κ3) is 4.06. The van der Waals surface area contributed by atoms with Crippen molar-refractivity contribution in [2.45, 2.75) is 44.6 Å². The Morgan fingerprint density at radius 2 is 1.94 bits per heavy atom. The summed E-state index contributed by atoms with van der Waals surface area (Å²) in [5.41, 5.74) is 6.96. The second-order valence-corrected chi connectivity index (χ2v) is 10.2. The van der Waals surface area contributed by atoms with Crippen molar-refractivity contribution >= 4 is 34.9 Å². The van der Waals surface area contributed by atoms with Crippen LogP contribution in [0.25, 0.3) is 0 Å². The lowest BCUT2D eigenvalue weighted by Gasteiger charge is -2.56. The van der Waals surface area contributed by atoms with Gasteiger partial charge in [0.15, 0.2) is 5.82 Å². The molecule has 2 heterocycles. The van der Waals surface area contributed by atoms with Crippen LogP contribution in [0.15, 0.2) is 30.5 Å². The number of carbonyl (C=O) groups excluding carboxylic acids is 2. The number of rotatable bonds is 5. The van der Waals surface area contributed by atoms with Gasteiger partial charge in [0.2, 0.25) is 5.91 Å². The Hall–Kier alpha value is -3.05. The topological polar surface area (TPSA) is 117 Å². The first-order valence-electron chi connectivity index (χ1n) is 11.5. The molecule has 3 N–H and O–H groups in total. The molecule has 1 aliphatic heterocycles. The van der Waals surface area contributed by atoms with Crippen molar-refractivity contribution in [3.05, 3.63) is 41.0 Å². The van der Waals surface area contributed by atoms with Crippen molar-refractivity contribution in [1.29, 1.82) is 5.26 Å². The highest BCUT2D eigenvalue weighted by Gasteiger charge is 2.50. The minimum atomic E-state index is -0.599. The van der Waals surface area contributed by atoms with Gasteiger partial charge in [-0.25, -0.2) is 0 Å². The van der Waals surface area contributed by atoms with Crippen LogP contribution in [-0.4, -0.2) is 39.6 Å². The number of likely N-dealkylation sites (tertiary alicyclic amines) is 1. The standard InChI is InChI=1S/C24H27ClN6O2/c25-17-3-5-18(6-4-17)28-22-19(21(27)32)12-31(29-22)20-7-2-15(10-16(20)11-26)23(33)30-13-24(14-30)8-1-9-24/h3-6,12,15-16,20H,1-2,7-10,13-14H2,(H2,27,32)(H,28,29)/t15-,16?,20-/m1/s1. The molecule has 2 aliphatic carbocycles. The molecule has 33 heavy (non-hydrogen) atoms. The highest BCUT2D eigenvalue weighted by molar-refractivity contribution is 6.30. The third-order valence-corrected chi connectivity index (χ3v) is 7.80. The molecule has 3 atom stereocenters. The Labute approximate surface area is 197 Å². The maximum Gasteiger partial charge on any atom is 0.254 e. The van der Waals surface area contributed by atoms with Gasteiger partial charge in [-0.1, -0.05) is 18.0 Å². The van der Waals surface area contributed by atoms with E-state index in [1.807, 2.05) is 4.90 Å². The fourth-order valence-electron chi connectivity index (χ4n) is 5.51. The molecular weight excluding hydrogens is 440 g/mol. The largest absolute Gasteiger partial charge is 0.365 e. The summed E-state index contributed by atoms with van der Waals surface area (Å²) in [4.78, 5) is 27.0. The molecule has 1 saturated heterocycles. The molecule has 3 aliphatic rings. The second-order valence-electron chi connectivity index (χ2n) is 9.73. The maximum atomic E-state index is 13.0. The Balaban J connectivity index is 1.29. The van der Waals surface area contributed by atoms with Gasteiger partial charge in [0.05, 0.1) is 18.0 Å². The van der Waals surface area contributed by atoms with E-state index in [1.54, 1.807) is 35.1 Å². The monoisotopic (exact) mass is 466 g/mol. The number of primary amides is 1. The first-order chi connectivity index (χ1) is 15.9. The summed E-state index contributed by atoms with van der Waals surface area (Å²) in [5.74, 6) is -0.560. The van der Waals surface area contributed by atoms with E-state index in [9.17, 15) is 14.9 Å². The van der Waals surface area contributed by atoms with E-state index < -0.39 is 5.91 Å². The first kappa shape index (κ1) is 21.8. The minimum absolute atomic E-state index is 0.124. The molecule has 3 fully saturated rings. The lowest BCUT2D eigenvalue weighted by Crippen LogP contribution is -2.62. The smallest absolute Gasteiger partial charge is 0.254 e. The van der Waals surface area contributed by atoms with Crippen LogP contribution in [0, 0.1) is 28.6 Å². The molecule has 1 spiro atoms. The van der Waals surface area contributed by atoms with E-state index in [1.165, 1.54) is 19.3 Å². The number of hydrogen-bond acceptors (Lipinski definition) is 5. The quantitative estimate of drug-likeness (QED) is 0.693. The van der Waals surface area contributed by atoms with E-state index >= 15 is 0 Å². The zero-order chi connectivity index (χ0) is 23.2. The Morgan fingerprint density at radius 3 is 2.55 bits per heavy atom. The molecule has 9 heteroatoms. The SMILES string of the molecule is N#CC1C[C@H](C(=O)N2CC3(CCC3)C2)CC[C@H]1n1cc(C(N)=O)c(Nc2ccc(Cl)cc2)n1. The van der Waals surface area contributed by atoms with Crippen LogP contribution in [0.2, 0.25) is 5.02 Å². The van der Waals surface area contributed by atoms with Gasteiger partial charge in [0.1, 0.15) is 5.56 Å². The van der Waals surface area contributed by atoms with Gasteiger partial charge in [-0.15, -0.1) is 0 Å². The van der Waals surface area contributed by atoms with Crippen molar-refractivity contribution in [1.82, 2.24) is 14.7 Å². The van der Waals surface area contributed by atoms with Crippen LogP contribution in [0.1, 0.15) is 54.9 Å². The van der Waals surface area contributed by atoms with E-state index in [-0.39, 0.29) is 29.3 Å². The molecule has 1 aromatic heterocycles. The van der Waals surface area contributed by atoms with Gasteiger partial charge in [0, 0.05) is 41.3 Å². The number of nitrogens with zero attached hydrogens (tertiary/aromatic N) is 4. The number of nitriles is 1. The van der Waals surface area contributed by atoms with Crippen molar-refractivity contribution in [3.63, 3.8) is 0 Å². The molecule has 1 unspecified atom stereocenters. The summed E-state index contributed by atoms with van der Waals surface area (Å²) in [5, 5.41) is 18.2. The number of carbonyl (C=O) groups is 2. The third-order valence-electron chi connectivity index (χ3n) is 7.55. The Kier molecular flexibility index (Phi) is 5.53. The van der Waals surface area contributed by atoms with Gasteiger partial charge in [-0.2, -0.15) is 10.4 Å². The second kappa shape index (κ2) is 8.38. The summed E-state index contributed by atoms with van der Waals surface area (Å²) >= 11 is 5.95. The molecular formula is C24H27ClN6O2. The van der Waals surface area contributed by atoms with Crippen LogP contribution >= 0.6 is 11.6 Å². The Bertz CT molecular complexity index is 1110. The molecule has 2 saturated carbocycles. The molecule has 8 nitrogen and oxygen atoms in total. The predicted molar refractivity (Wildman–Crippen MR) is 124 cm³/mol. The van der Waals surface area contributed by atoms with Gasteiger partial charge < -0.3 is 16.0 Å². The fraction of sp³-hybridized carbons (Fsp3) is 0.500. The van der Waals surface area contributed by atoms with Crippen molar-refractivity contribution in [2.24, 2.45) is 23.0 Å². The van der Waals surface area contributed by atoms with E-state index in [2.05, 4.69) is 16.5 Å². The zero-order valence-corrected chi connectivity index (χ0v) is 19.1. The average Bonchev–Trinajstić information content (AvgIpc) is 3.16. The molecule has 2 amide bonds. The van der Waals surface area contributed by atoms with Gasteiger partial charge >= 0.3 is 0 Å². The van der Waals surface area contributed by atoms with Crippen LogP contribution in [0.5, 0.6) is 0 Å². The number of halogens is 1. The van der Waals surface area contributed by atoms with Crippen LogP contribution in [-0.2, 0) is 4.79 Å². The number of benzene rings is 1. The van der Waals surface area contributed by atoms with Crippen molar-refractivity contribution < 1.29 is 9.59 Å². The van der Waals surface area contributed by atoms with Crippen LogP contribution < -0.4 is 11.1 Å². The molecule has 2 aromatic rings. The summed E-state index contributed by atoms with van der Waals surface area (Å²) < 4.78 is 1.67. The van der Waals surface area contributed by atoms with Gasteiger partial charge in [0.25, 0.3) is 5.91 Å². The molecule has 5 rings (SSSR count). The number of nitrogens with two attached hydrogens (primary N) is 1. The Morgan fingerprint density at radius 1 is 1.21 bits per heavy atom. The summed E-state index contributed by atoms with van der Waals surface area (Å²) in [6, 6.07) is 9.20. The zero-order valence-electron chi connectivity index (χ0n) is 18.3. The van der Waals surface area contributed by atoms with Crippen LogP contribution in [0.4, 0.5) is 11.5 Å². The normalized spacial score (nSPS) is 25.6. The number of aromatic nitrogens is 2. The molecule has 172 valence electrons. The molecule has 0 bridgehead atoms. The summed E-state index contributed by atoms with van der Waals surface area (Å²) in [6.45, 7) is 1.76. The van der Waals surface area contributed by atoms with E-state index in [0.717, 1.165) is 18.8 Å². The highest BCUT2D eigenvalue weighted by atomic mass is 35.5. The lowest BCUT2D eigenvalue weighted by molar-refractivity contribution is -0.155. The summed E-state index contributed by atoms with van der Waals surface area (Å²) in [6.07, 6.45) is 7.21. The fourth-order valence-corrected chi connectivity index (χ4v) is 5.63. The predicted octanol–water partition coefficient (Wildman–Crippen LogP) is 3.87. The molecule has 0 radical (unpaired) electrons. The lowest BCUT2D eigenvalue weighted by atomic mass is 9.63. The maximum absolute atomic E-state index is 13.0. The number of hydrogen-bond donors (Lipinski definition) is 2. The summed E-state index contributed by atoms with van der Waals surface area (Å²) in [7, 11) is 0. The average molecular weight is 467 g/mol. The van der Waals surface area contributed by atoms with Gasteiger partial charge in [-0.05, 0) is 56.4 Å². The highest BCUT2D eigenvalue weighted by Crippen LogP contribution is 2.49. The van der Waals surface area contributed by atoms with Crippen molar-refractivity contribution in [3.8, 4) is 6.07 Å². The van der Waals surface area contributed by atoms with E-state index in [0.29, 0.717) is 35.5 Å². The van der Waals surface area contributed by atoms with Gasteiger partial charge in [-0.3, -0.25) is 14.3 Å². The first-order valence-corrected chi connectivity index (χ1v) is 11.9. The molecule has 1 aromatic carbocycles. The van der Waals surface area contributed by atoms with E-state index in [4.69, 9.17) is 17.3 Å². The number of amides is 2.